The van der Waals surface area contributed by atoms with Gasteiger partial charge in [-0.05, 0) is 42.9 Å². The van der Waals surface area contributed by atoms with Crippen molar-refractivity contribution in [1.29, 1.82) is 0 Å². The van der Waals surface area contributed by atoms with E-state index < -0.39 is 0 Å². The Morgan fingerprint density at radius 2 is 1.92 bits per heavy atom. The van der Waals surface area contributed by atoms with E-state index in [2.05, 4.69) is 32.8 Å². The van der Waals surface area contributed by atoms with Gasteiger partial charge in [-0.2, -0.15) is 0 Å². The smallest absolute Gasteiger partial charge is 0.0575 e. The lowest BCUT2D eigenvalue weighted by atomic mass is 9.80. The number of fused-ring (bicyclic) bond motifs is 1. The van der Waals surface area contributed by atoms with Gasteiger partial charge in [-0.15, -0.1) is 0 Å². The number of halogens is 1. The van der Waals surface area contributed by atoms with Gasteiger partial charge in [-0.25, -0.2) is 0 Å². The summed E-state index contributed by atoms with van der Waals surface area (Å²) < 4.78 is 5.63. The topological polar surface area (TPSA) is 39.8 Å². The van der Waals surface area contributed by atoms with Crippen LogP contribution < -0.4 is 10.9 Å². The zero-order valence-corrected chi connectivity index (χ0v) is 16.4. The van der Waals surface area contributed by atoms with Crippen LogP contribution in [-0.4, -0.2) is 67.8 Å². The molecule has 4 atom stereocenters. The molecule has 3 fully saturated rings. The number of ether oxygens (including phenoxy) is 1. The Kier molecular flexibility index (Phi) is 6.14. The SMILES string of the molecule is COC1CCC2NNC(CN3CCN(Cc4cccc(Cl)c4)CC3)C2C1. The van der Waals surface area contributed by atoms with Crippen LogP contribution in [0.2, 0.25) is 5.02 Å². The van der Waals surface area contributed by atoms with Crippen LogP contribution in [0, 0.1) is 5.92 Å². The molecule has 0 radical (unpaired) electrons. The van der Waals surface area contributed by atoms with Crippen molar-refractivity contribution in [2.45, 2.75) is 44.0 Å². The van der Waals surface area contributed by atoms with Gasteiger partial charge in [0.1, 0.15) is 0 Å². The number of hydrazine groups is 1. The zero-order chi connectivity index (χ0) is 17.9. The fourth-order valence-corrected chi connectivity index (χ4v) is 5.02. The normalized spacial score (nSPS) is 33.3. The number of rotatable bonds is 5. The Bertz CT molecular complexity index is 593. The van der Waals surface area contributed by atoms with E-state index in [9.17, 15) is 0 Å². The number of piperazine rings is 1. The third kappa shape index (κ3) is 4.41. The highest BCUT2D eigenvalue weighted by molar-refractivity contribution is 6.30. The first-order valence-electron chi connectivity index (χ1n) is 9.94. The highest BCUT2D eigenvalue weighted by Crippen LogP contribution is 2.32. The van der Waals surface area contributed by atoms with Crippen LogP contribution in [0.3, 0.4) is 0 Å². The first-order chi connectivity index (χ1) is 12.7. The van der Waals surface area contributed by atoms with Crippen molar-refractivity contribution in [2.75, 3.05) is 39.8 Å². The molecule has 1 aliphatic carbocycles. The summed E-state index contributed by atoms with van der Waals surface area (Å²) in [5, 5.41) is 0.831. The predicted molar refractivity (Wildman–Crippen MR) is 105 cm³/mol. The van der Waals surface area contributed by atoms with E-state index in [0.29, 0.717) is 24.1 Å². The van der Waals surface area contributed by atoms with Gasteiger partial charge in [0.25, 0.3) is 0 Å². The summed E-state index contributed by atoms with van der Waals surface area (Å²) in [6.45, 7) is 6.67. The van der Waals surface area contributed by atoms with Gasteiger partial charge in [0.2, 0.25) is 0 Å². The third-order valence-electron chi connectivity index (χ3n) is 6.37. The molecule has 0 bridgehead atoms. The molecule has 3 aliphatic rings. The fourth-order valence-electron chi connectivity index (χ4n) is 4.81. The molecule has 1 aromatic carbocycles. The molecule has 4 unspecified atom stereocenters. The lowest BCUT2D eigenvalue weighted by molar-refractivity contribution is 0.0391. The molecular formula is C20H31ClN4O. The number of methoxy groups -OCH3 is 1. The lowest BCUT2D eigenvalue weighted by Crippen LogP contribution is -2.51. The second-order valence-electron chi connectivity index (χ2n) is 8.04. The first-order valence-corrected chi connectivity index (χ1v) is 10.3. The average molecular weight is 379 g/mol. The van der Waals surface area contributed by atoms with Crippen molar-refractivity contribution in [3.05, 3.63) is 34.9 Å². The van der Waals surface area contributed by atoms with Crippen LogP contribution in [0.25, 0.3) is 0 Å². The second-order valence-corrected chi connectivity index (χ2v) is 8.48. The molecule has 2 saturated heterocycles. The van der Waals surface area contributed by atoms with Crippen LogP contribution in [-0.2, 0) is 11.3 Å². The van der Waals surface area contributed by atoms with Crippen LogP contribution in [0.15, 0.2) is 24.3 Å². The second kappa shape index (κ2) is 8.55. The van der Waals surface area contributed by atoms with Gasteiger partial charge in [0, 0.05) is 63.5 Å². The molecule has 1 saturated carbocycles. The number of hydrogen-bond donors (Lipinski definition) is 2. The molecular weight excluding hydrogens is 348 g/mol. The molecule has 2 aliphatic heterocycles. The van der Waals surface area contributed by atoms with E-state index >= 15 is 0 Å². The van der Waals surface area contributed by atoms with E-state index in [0.717, 1.165) is 44.3 Å². The van der Waals surface area contributed by atoms with E-state index in [1.807, 2.05) is 19.2 Å². The molecule has 2 N–H and O–H groups in total. The van der Waals surface area contributed by atoms with Gasteiger partial charge in [-0.1, -0.05) is 23.7 Å². The van der Waals surface area contributed by atoms with Crippen molar-refractivity contribution in [2.24, 2.45) is 5.92 Å². The summed E-state index contributed by atoms with van der Waals surface area (Å²) in [6.07, 6.45) is 4.03. The molecule has 0 spiro atoms. The molecule has 0 aromatic heterocycles. The van der Waals surface area contributed by atoms with E-state index in [4.69, 9.17) is 16.3 Å². The Morgan fingerprint density at radius 1 is 1.12 bits per heavy atom. The lowest BCUT2D eigenvalue weighted by Gasteiger charge is -2.38. The maximum absolute atomic E-state index is 6.11. The highest BCUT2D eigenvalue weighted by Gasteiger charge is 2.41. The van der Waals surface area contributed by atoms with Gasteiger partial charge in [0.05, 0.1) is 6.10 Å². The van der Waals surface area contributed by atoms with E-state index in [-0.39, 0.29) is 0 Å². The van der Waals surface area contributed by atoms with Crippen molar-refractivity contribution in [3.63, 3.8) is 0 Å². The number of benzene rings is 1. The first kappa shape index (κ1) is 18.7. The number of nitrogens with one attached hydrogen (secondary N) is 2. The van der Waals surface area contributed by atoms with E-state index in [1.165, 1.54) is 24.8 Å². The van der Waals surface area contributed by atoms with Crippen LogP contribution in [0.5, 0.6) is 0 Å². The Labute approximate surface area is 162 Å². The van der Waals surface area contributed by atoms with Crippen LogP contribution >= 0.6 is 11.6 Å². The van der Waals surface area contributed by atoms with Gasteiger partial charge < -0.3 is 4.74 Å². The third-order valence-corrected chi connectivity index (χ3v) is 6.61. The van der Waals surface area contributed by atoms with Gasteiger partial charge in [-0.3, -0.25) is 20.7 Å². The molecule has 144 valence electrons. The van der Waals surface area contributed by atoms with Crippen molar-refractivity contribution in [1.82, 2.24) is 20.7 Å². The summed E-state index contributed by atoms with van der Waals surface area (Å²) in [5.74, 6) is 0.693. The molecule has 0 amide bonds. The fraction of sp³-hybridized carbons (Fsp3) is 0.700. The van der Waals surface area contributed by atoms with Crippen molar-refractivity contribution < 1.29 is 4.74 Å². The summed E-state index contributed by atoms with van der Waals surface area (Å²) in [6, 6.07) is 9.39. The minimum atomic E-state index is 0.440. The number of hydrogen-bond acceptors (Lipinski definition) is 5. The monoisotopic (exact) mass is 378 g/mol. The van der Waals surface area contributed by atoms with Crippen molar-refractivity contribution >= 4 is 11.6 Å². The maximum atomic E-state index is 6.11. The standard InChI is InChI=1S/C20H31ClN4O/c1-26-17-5-6-19-18(12-17)20(23-22-19)14-25-9-7-24(8-10-25)13-15-3-2-4-16(21)11-15/h2-4,11,17-20,22-23H,5-10,12-14H2,1H3. The summed E-state index contributed by atoms with van der Waals surface area (Å²) in [4.78, 5) is 5.15. The van der Waals surface area contributed by atoms with Gasteiger partial charge >= 0.3 is 0 Å². The maximum Gasteiger partial charge on any atom is 0.0575 e. The average Bonchev–Trinajstić information content (AvgIpc) is 3.05. The molecule has 5 nitrogen and oxygen atoms in total. The van der Waals surface area contributed by atoms with Crippen LogP contribution in [0.4, 0.5) is 0 Å². The molecule has 1 aromatic rings. The quantitative estimate of drug-likeness (QED) is 0.821. The molecule has 2 heterocycles. The van der Waals surface area contributed by atoms with Crippen LogP contribution in [0.1, 0.15) is 24.8 Å². The summed E-state index contributed by atoms with van der Waals surface area (Å²) >= 11 is 6.11. The zero-order valence-electron chi connectivity index (χ0n) is 15.7. The van der Waals surface area contributed by atoms with E-state index in [1.54, 1.807) is 0 Å². The largest absolute Gasteiger partial charge is 0.381 e. The Balaban J connectivity index is 1.25. The summed E-state index contributed by atoms with van der Waals surface area (Å²) in [7, 11) is 1.86. The van der Waals surface area contributed by atoms with Crippen molar-refractivity contribution in [3.8, 4) is 0 Å². The number of nitrogens with zero attached hydrogens (tertiary/aromatic N) is 2. The molecule has 4 rings (SSSR count). The predicted octanol–water partition coefficient (Wildman–Crippen LogP) is 2.12. The minimum Gasteiger partial charge on any atom is -0.381 e. The molecule has 6 heteroatoms. The summed E-state index contributed by atoms with van der Waals surface area (Å²) in [5.41, 5.74) is 8.42. The highest BCUT2D eigenvalue weighted by atomic mass is 35.5. The Hall–Kier alpha value is -0.690. The molecule has 26 heavy (non-hydrogen) atoms. The minimum absolute atomic E-state index is 0.440. The van der Waals surface area contributed by atoms with Gasteiger partial charge in [0.15, 0.2) is 0 Å². The Morgan fingerprint density at radius 3 is 2.69 bits per heavy atom.